The Balaban J connectivity index is 1.73. The fourth-order valence-electron chi connectivity index (χ4n) is 3.68. The minimum atomic E-state index is -0.536. The van der Waals surface area contributed by atoms with Gasteiger partial charge < -0.3 is 5.32 Å². The van der Waals surface area contributed by atoms with E-state index in [1.165, 1.54) is 5.56 Å². The summed E-state index contributed by atoms with van der Waals surface area (Å²) in [6.07, 6.45) is 0. The van der Waals surface area contributed by atoms with E-state index >= 15 is 0 Å². The number of anilines is 1. The van der Waals surface area contributed by atoms with Gasteiger partial charge in [-0.3, -0.25) is 9.69 Å². The molecule has 142 valence electrons. The van der Waals surface area contributed by atoms with E-state index in [0.717, 1.165) is 33.9 Å². The molecule has 0 spiro atoms. The molecular formula is C22H22N4OS. The molecule has 2 heterocycles. The second-order valence-electron chi connectivity index (χ2n) is 7.16. The van der Waals surface area contributed by atoms with Crippen LogP contribution in [-0.4, -0.2) is 20.8 Å². The zero-order valence-electron chi connectivity index (χ0n) is 16.4. The SMILES string of the molecule is Cc1ccc(N2C(=O)[C@H](c3c(C)nn(-c4ccccc4)c3C)NC2=S)cc1C. The number of hydrogen-bond donors (Lipinski definition) is 1. The minimum Gasteiger partial charge on any atom is -0.346 e. The van der Waals surface area contributed by atoms with Crippen molar-refractivity contribution in [3.05, 3.63) is 76.6 Å². The number of rotatable bonds is 3. The van der Waals surface area contributed by atoms with Gasteiger partial charge in [-0.15, -0.1) is 0 Å². The van der Waals surface area contributed by atoms with Gasteiger partial charge in [0, 0.05) is 11.3 Å². The summed E-state index contributed by atoms with van der Waals surface area (Å²) in [5.74, 6) is -0.0768. The van der Waals surface area contributed by atoms with Crippen LogP contribution in [0.2, 0.25) is 0 Å². The normalized spacial score (nSPS) is 16.6. The first-order chi connectivity index (χ1) is 13.4. The highest BCUT2D eigenvalue weighted by molar-refractivity contribution is 7.80. The zero-order valence-corrected chi connectivity index (χ0v) is 17.2. The van der Waals surface area contributed by atoms with Crippen molar-refractivity contribution in [3.63, 3.8) is 0 Å². The molecule has 1 aliphatic heterocycles. The molecule has 1 amide bonds. The molecule has 28 heavy (non-hydrogen) atoms. The molecule has 1 atom stereocenters. The topological polar surface area (TPSA) is 50.2 Å². The van der Waals surface area contributed by atoms with Crippen LogP contribution in [0.1, 0.15) is 34.1 Å². The van der Waals surface area contributed by atoms with Crippen molar-refractivity contribution in [2.75, 3.05) is 4.90 Å². The third-order valence-electron chi connectivity index (χ3n) is 5.32. The van der Waals surface area contributed by atoms with Crippen LogP contribution in [0.3, 0.4) is 0 Å². The highest BCUT2D eigenvalue weighted by atomic mass is 32.1. The number of para-hydroxylation sites is 1. The van der Waals surface area contributed by atoms with Crippen LogP contribution in [-0.2, 0) is 4.79 Å². The van der Waals surface area contributed by atoms with Crippen molar-refractivity contribution in [1.29, 1.82) is 0 Å². The molecule has 0 saturated carbocycles. The molecule has 6 heteroatoms. The first kappa shape index (κ1) is 18.4. The Bertz CT molecular complexity index is 1090. The van der Waals surface area contributed by atoms with Crippen molar-refractivity contribution in [1.82, 2.24) is 15.1 Å². The molecule has 1 fully saturated rings. The Morgan fingerprint density at radius 3 is 2.36 bits per heavy atom. The summed E-state index contributed by atoms with van der Waals surface area (Å²) in [6.45, 7) is 8.00. The standard InChI is InChI=1S/C22H22N4OS/c1-13-10-11-18(12-14(13)2)25-21(27)20(23-22(25)28)19-15(3)24-26(16(19)4)17-8-6-5-7-9-17/h5-12,20H,1-4H3,(H,23,28)/t20-/m0/s1. The molecule has 1 aliphatic rings. The van der Waals surface area contributed by atoms with Crippen LogP contribution in [0.4, 0.5) is 5.69 Å². The molecule has 2 aromatic carbocycles. The molecule has 0 unspecified atom stereocenters. The Hall–Kier alpha value is -2.99. The smallest absolute Gasteiger partial charge is 0.260 e. The lowest BCUT2D eigenvalue weighted by atomic mass is 10.0. The van der Waals surface area contributed by atoms with Crippen molar-refractivity contribution in [3.8, 4) is 5.69 Å². The lowest BCUT2D eigenvalue weighted by molar-refractivity contribution is -0.118. The number of carbonyl (C=O) groups excluding carboxylic acids is 1. The van der Waals surface area contributed by atoms with Gasteiger partial charge in [0.05, 0.1) is 17.1 Å². The van der Waals surface area contributed by atoms with Gasteiger partial charge in [0.1, 0.15) is 6.04 Å². The predicted molar refractivity (Wildman–Crippen MR) is 115 cm³/mol. The predicted octanol–water partition coefficient (Wildman–Crippen LogP) is 4.07. The van der Waals surface area contributed by atoms with Crippen LogP contribution in [0.5, 0.6) is 0 Å². The molecule has 5 nitrogen and oxygen atoms in total. The second-order valence-corrected chi connectivity index (χ2v) is 7.54. The van der Waals surface area contributed by atoms with Crippen molar-refractivity contribution in [2.24, 2.45) is 0 Å². The van der Waals surface area contributed by atoms with E-state index in [9.17, 15) is 4.79 Å². The molecule has 1 N–H and O–H groups in total. The lowest BCUT2D eigenvalue weighted by Gasteiger charge is -2.16. The third-order valence-corrected chi connectivity index (χ3v) is 5.62. The summed E-state index contributed by atoms with van der Waals surface area (Å²) < 4.78 is 1.88. The quantitative estimate of drug-likeness (QED) is 0.685. The largest absolute Gasteiger partial charge is 0.346 e. The monoisotopic (exact) mass is 390 g/mol. The van der Waals surface area contributed by atoms with Gasteiger partial charge >= 0.3 is 0 Å². The van der Waals surface area contributed by atoms with Crippen LogP contribution < -0.4 is 10.2 Å². The van der Waals surface area contributed by atoms with Gasteiger partial charge in [0.25, 0.3) is 5.91 Å². The molecule has 0 radical (unpaired) electrons. The average molecular weight is 391 g/mol. The van der Waals surface area contributed by atoms with E-state index in [-0.39, 0.29) is 5.91 Å². The number of aryl methyl sites for hydroxylation is 3. The molecule has 1 saturated heterocycles. The first-order valence-corrected chi connectivity index (χ1v) is 9.62. The number of carbonyl (C=O) groups is 1. The fraction of sp³-hybridized carbons (Fsp3) is 0.227. The zero-order chi connectivity index (χ0) is 20.0. The number of amides is 1. The van der Waals surface area contributed by atoms with E-state index in [4.69, 9.17) is 12.2 Å². The number of benzene rings is 2. The Labute approximate surface area is 170 Å². The number of hydrogen-bond acceptors (Lipinski definition) is 3. The average Bonchev–Trinajstić information content (AvgIpc) is 3.13. The maximum atomic E-state index is 13.3. The van der Waals surface area contributed by atoms with E-state index in [1.54, 1.807) is 4.90 Å². The Morgan fingerprint density at radius 1 is 0.964 bits per heavy atom. The van der Waals surface area contributed by atoms with E-state index in [2.05, 4.69) is 17.3 Å². The van der Waals surface area contributed by atoms with Gasteiger partial charge in [-0.1, -0.05) is 24.3 Å². The maximum absolute atomic E-state index is 13.3. The molecule has 0 bridgehead atoms. The van der Waals surface area contributed by atoms with Gasteiger partial charge in [-0.05, 0) is 75.3 Å². The lowest BCUT2D eigenvalue weighted by Crippen LogP contribution is -2.30. The molecule has 3 aromatic rings. The van der Waals surface area contributed by atoms with Gasteiger partial charge in [-0.2, -0.15) is 5.10 Å². The molecule has 1 aromatic heterocycles. The van der Waals surface area contributed by atoms with Gasteiger partial charge in [-0.25, -0.2) is 4.68 Å². The van der Waals surface area contributed by atoms with E-state index in [0.29, 0.717) is 5.11 Å². The number of nitrogens with one attached hydrogen (secondary N) is 1. The number of thiocarbonyl (C=S) groups is 1. The van der Waals surface area contributed by atoms with E-state index in [1.807, 2.05) is 74.0 Å². The minimum absolute atomic E-state index is 0.0768. The van der Waals surface area contributed by atoms with Gasteiger partial charge in [0.15, 0.2) is 5.11 Å². The van der Waals surface area contributed by atoms with Crippen LogP contribution >= 0.6 is 12.2 Å². The maximum Gasteiger partial charge on any atom is 0.260 e. The van der Waals surface area contributed by atoms with Gasteiger partial charge in [0.2, 0.25) is 0 Å². The summed E-state index contributed by atoms with van der Waals surface area (Å²) in [4.78, 5) is 14.9. The second kappa shape index (κ2) is 6.87. The molecule has 0 aliphatic carbocycles. The molecule has 4 rings (SSSR count). The summed E-state index contributed by atoms with van der Waals surface area (Å²) in [5, 5.41) is 8.30. The Kier molecular flexibility index (Phi) is 4.51. The highest BCUT2D eigenvalue weighted by Crippen LogP contribution is 2.32. The Morgan fingerprint density at radius 2 is 1.68 bits per heavy atom. The van der Waals surface area contributed by atoms with Crippen molar-refractivity contribution < 1.29 is 4.79 Å². The number of nitrogens with zero attached hydrogens (tertiary/aromatic N) is 3. The molecular weight excluding hydrogens is 368 g/mol. The van der Waals surface area contributed by atoms with Crippen molar-refractivity contribution in [2.45, 2.75) is 33.7 Å². The van der Waals surface area contributed by atoms with Crippen LogP contribution in [0, 0.1) is 27.7 Å². The van der Waals surface area contributed by atoms with Crippen LogP contribution in [0.25, 0.3) is 5.69 Å². The van der Waals surface area contributed by atoms with Crippen molar-refractivity contribution >= 4 is 28.9 Å². The summed E-state index contributed by atoms with van der Waals surface area (Å²) in [5.41, 5.74) is 6.69. The van der Waals surface area contributed by atoms with E-state index < -0.39 is 6.04 Å². The summed E-state index contributed by atoms with van der Waals surface area (Å²) in [7, 11) is 0. The highest BCUT2D eigenvalue weighted by Gasteiger charge is 2.40. The third kappa shape index (κ3) is 2.90. The summed E-state index contributed by atoms with van der Waals surface area (Å²) in [6, 6.07) is 15.3. The fourth-order valence-corrected chi connectivity index (χ4v) is 3.99. The summed E-state index contributed by atoms with van der Waals surface area (Å²) >= 11 is 5.51. The van der Waals surface area contributed by atoms with Crippen LogP contribution in [0.15, 0.2) is 48.5 Å². The number of aromatic nitrogens is 2. The first-order valence-electron chi connectivity index (χ1n) is 9.21.